The van der Waals surface area contributed by atoms with Crippen LogP contribution in [-0.4, -0.2) is 11.9 Å². The molecule has 0 saturated carbocycles. The number of anilines is 1. The number of amides is 1. The molecule has 19 heavy (non-hydrogen) atoms. The SMILES string of the molecule is C#CC(CC)NC(=O)c1cc2ccccc2cc1N. The molecular formula is C16H16N2O. The third-order valence-corrected chi connectivity index (χ3v) is 3.08. The summed E-state index contributed by atoms with van der Waals surface area (Å²) < 4.78 is 0. The molecule has 0 heterocycles. The van der Waals surface area contributed by atoms with Crippen LogP contribution < -0.4 is 11.1 Å². The van der Waals surface area contributed by atoms with E-state index in [-0.39, 0.29) is 11.9 Å². The highest BCUT2D eigenvalue weighted by atomic mass is 16.1. The lowest BCUT2D eigenvalue weighted by molar-refractivity contribution is 0.0946. The van der Waals surface area contributed by atoms with Crippen molar-refractivity contribution >= 4 is 22.4 Å². The number of nitrogens with one attached hydrogen (secondary N) is 1. The summed E-state index contributed by atoms with van der Waals surface area (Å²) in [6.07, 6.45) is 6.03. The molecule has 2 rings (SSSR count). The van der Waals surface area contributed by atoms with E-state index in [1.165, 1.54) is 0 Å². The molecule has 96 valence electrons. The third kappa shape index (κ3) is 2.69. The highest BCUT2D eigenvalue weighted by Gasteiger charge is 2.13. The number of carbonyl (C=O) groups is 1. The van der Waals surface area contributed by atoms with Crippen molar-refractivity contribution in [3.05, 3.63) is 42.0 Å². The van der Waals surface area contributed by atoms with Crippen molar-refractivity contribution in [1.82, 2.24) is 5.32 Å². The highest BCUT2D eigenvalue weighted by Crippen LogP contribution is 2.21. The van der Waals surface area contributed by atoms with Crippen molar-refractivity contribution in [2.45, 2.75) is 19.4 Å². The molecule has 0 aliphatic rings. The van der Waals surface area contributed by atoms with Crippen LogP contribution >= 0.6 is 0 Å². The minimum atomic E-state index is -0.265. The van der Waals surface area contributed by atoms with E-state index in [0.717, 1.165) is 10.8 Å². The van der Waals surface area contributed by atoms with Crippen LogP contribution in [0.15, 0.2) is 36.4 Å². The van der Waals surface area contributed by atoms with Crippen molar-refractivity contribution in [1.29, 1.82) is 0 Å². The Kier molecular flexibility index (Phi) is 3.72. The molecule has 1 unspecified atom stereocenters. The van der Waals surface area contributed by atoms with Gasteiger partial charge < -0.3 is 11.1 Å². The summed E-state index contributed by atoms with van der Waals surface area (Å²) in [6.45, 7) is 1.93. The number of benzene rings is 2. The number of terminal acetylenes is 1. The first-order chi connectivity index (χ1) is 9.15. The molecule has 0 radical (unpaired) electrons. The summed E-state index contributed by atoms with van der Waals surface area (Å²) in [5, 5.41) is 4.78. The zero-order valence-corrected chi connectivity index (χ0v) is 10.8. The number of fused-ring (bicyclic) bond motifs is 1. The predicted molar refractivity (Wildman–Crippen MR) is 78.7 cm³/mol. The lowest BCUT2D eigenvalue weighted by atomic mass is 10.0. The van der Waals surface area contributed by atoms with Gasteiger partial charge in [0, 0.05) is 5.69 Å². The van der Waals surface area contributed by atoms with Gasteiger partial charge in [0.15, 0.2) is 0 Å². The normalized spacial score (nSPS) is 11.8. The van der Waals surface area contributed by atoms with Crippen LogP contribution in [0.1, 0.15) is 23.7 Å². The number of nitrogens with two attached hydrogens (primary N) is 1. The van der Waals surface area contributed by atoms with Gasteiger partial charge in [-0.25, -0.2) is 0 Å². The van der Waals surface area contributed by atoms with Crippen molar-refractivity contribution < 1.29 is 4.79 Å². The van der Waals surface area contributed by atoms with Crippen LogP contribution in [0.3, 0.4) is 0 Å². The van der Waals surface area contributed by atoms with Crippen LogP contribution in [0.2, 0.25) is 0 Å². The fourth-order valence-corrected chi connectivity index (χ4v) is 1.95. The molecular weight excluding hydrogens is 236 g/mol. The molecule has 3 heteroatoms. The first-order valence-corrected chi connectivity index (χ1v) is 6.21. The van der Waals surface area contributed by atoms with Crippen LogP contribution in [0, 0.1) is 12.3 Å². The van der Waals surface area contributed by atoms with Gasteiger partial charge in [-0.3, -0.25) is 4.79 Å². The predicted octanol–water partition coefficient (Wildman–Crippen LogP) is 2.56. The third-order valence-electron chi connectivity index (χ3n) is 3.08. The molecule has 0 saturated heterocycles. The molecule has 3 N–H and O–H groups in total. The lowest BCUT2D eigenvalue weighted by Crippen LogP contribution is -2.33. The Bertz CT molecular complexity index is 655. The average Bonchev–Trinajstić information content (AvgIpc) is 2.43. The molecule has 1 atom stereocenters. The Hall–Kier alpha value is -2.47. The molecule has 0 bridgehead atoms. The maximum absolute atomic E-state index is 12.2. The Morgan fingerprint density at radius 3 is 2.58 bits per heavy atom. The number of hydrogen-bond acceptors (Lipinski definition) is 2. The fraction of sp³-hybridized carbons (Fsp3) is 0.188. The van der Waals surface area contributed by atoms with E-state index in [2.05, 4.69) is 11.2 Å². The molecule has 0 spiro atoms. The van der Waals surface area contributed by atoms with E-state index in [1.54, 1.807) is 12.1 Å². The highest BCUT2D eigenvalue weighted by molar-refractivity contribution is 6.04. The summed E-state index contributed by atoms with van der Waals surface area (Å²) in [4.78, 5) is 12.2. The van der Waals surface area contributed by atoms with Gasteiger partial charge in [0.1, 0.15) is 0 Å². The summed E-state index contributed by atoms with van der Waals surface area (Å²) in [5.41, 5.74) is 6.86. The van der Waals surface area contributed by atoms with Crippen molar-refractivity contribution in [3.8, 4) is 12.3 Å². The van der Waals surface area contributed by atoms with E-state index in [0.29, 0.717) is 17.7 Å². The van der Waals surface area contributed by atoms with Crippen LogP contribution in [0.5, 0.6) is 0 Å². The molecule has 0 fully saturated rings. The molecule has 0 aliphatic heterocycles. The number of hydrogen-bond donors (Lipinski definition) is 2. The Balaban J connectivity index is 2.37. The molecule has 2 aromatic carbocycles. The zero-order chi connectivity index (χ0) is 13.8. The maximum Gasteiger partial charge on any atom is 0.254 e. The van der Waals surface area contributed by atoms with Gasteiger partial charge in [-0.05, 0) is 29.3 Å². The van der Waals surface area contributed by atoms with E-state index in [9.17, 15) is 4.79 Å². The lowest BCUT2D eigenvalue weighted by Gasteiger charge is -2.12. The van der Waals surface area contributed by atoms with E-state index in [4.69, 9.17) is 12.2 Å². The molecule has 0 aliphatic carbocycles. The second kappa shape index (κ2) is 5.45. The summed E-state index contributed by atoms with van der Waals surface area (Å²) >= 11 is 0. The van der Waals surface area contributed by atoms with Gasteiger partial charge in [0.2, 0.25) is 0 Å². The molecule has 2 aromatic rings. The maximum atomic E-state index is 12.2. The van der Waals surface area contributed by atoms with Gasteiger partial charge in [-0.2, -0.15) is 0 Å². The summed E-state index contributed by atoms with van der Waals surface area (Å²) in [5.74, 6) is 2.31. The second-order valence-corrected chi connectivity index (χ2v) is 4.39. The van der Waals surface area contributed by atoms with Crippen molar-refractivity contribution in [3.63, 3.8) is 0 Å². The summed E-state index contributed by atoms with van der Waals surface area (Å²) in [7, 11) is 0. The average molecular weight is 252 g/mol. The van der Waals surface area contributed by atoms with Gasteiger partial charge in [-0.1, -0.05) is 37.1 Å². The van der Waals surface area contributed by atoms with Gasteiger partial charge >= 0.3 is 0 Å². The topological polar surface area (TPSA) is 55.1 Å². The second-order valence-electron chi connectivity index (χ2n) is 4.39. The smallest absolute Gasteiger partial charge is 0.254 e. The van der Waals surface area contributed by atoms with E-state index in [1.807, 2.05) is 31.2 Å². The fourth-order valence-electron chi connectivity index (χ4n) is 1.95. The Labute approximate surface area is 112 Å². The number of rotatable bonds is 3. The minimum absolute atomic E-state index is 0.229. The summed E-state index contributed by atoms with van der Waals surface area (Å²) in [6, 6.07) is 11.1. The van der Waals surface area contributed by atoms with Crippen molar-refractivity contribution in [2.24, 2.45) is 0 Å². The first kappa shape index (κ1) is 13.0. The van der Waals surface area contributed by atoms with Crippen molar-refractivity contribution in [2.75, 3.05) is 5.73 Å². The largest absolute Gasteiger partial charge is 0.398 e. The van der Waals surface area contributed by atoms with Crippen LogP contribution in [0.25, 0.3) is 10.8 Å². The van der Waals surface area contributed by atoms with E-state index < -0.39 is 0 Å². The minimum Gasteiger partial charge on any atom is -0.398 e. The quantitative estimate of drug-likeness (QED) is 0.651. The van der Waals surface area contributed by atoms with Gasteiger partial charge in [0.05, 0.1) is 11.6 Å². The number of carbonyl (C=O) groups excluding carboxylic acids is 1. The molecule has 1 amide bonds. The van der Waals surface area contributed by atoms with Crippen LogP contribution in [-0.2, 0) is 0 Å². The zero-order valence-electron chi connectivity index (χ0n) is 10.8. The van der Waals surface area contributed by atoms with E-state index >= 15 is 0 Å². The van der Waals surface area contributed by atoms with Gasteiger partial charge in [-0.15, -0.1) is 6.42 Å². The Morgan fingerprint density at radius 2 is 2.00 bits per heavy atom. The number of nitrogen functional groups attached to an aromatic ring is 1. The van der Waals surface area contributed by atoms with Gasteiger partial charge in [0.25, 0.3) is 5.91 Å². The monoisotopic (exact) mass is 252 g/mol. The standard InChI is InChI=1S/C16H16N2O/c1-3-13(4-2)18-16(19)14-9-11-7-5-6-8-12(11)10-15(14)17/h1,5-10,13H,4,17H2,2H3,(H,18,19). The first-order valence-electron chi connectivity index (χ1n) is 6.21. The molecule has 0 aromatic heterocycles. The molecule has 3 nitrogen and oxygen atoms in total. The van der Waals surface area contributed by atoms with Crippen LogP contribution in [0.4, 0.5) is 5.69 Å². The Morgan fingerprint density at radius 1 is 1.37 bits per heavy atom.